The van der Waals surface area contributed by atoms with Gasteiger partial charge in [0.1, 0.15) is 18.8 Å². The molecule has 0 saturated heterocycles. The average molecular weight is 612 g/mol. The number of anilines is 1. The van der Waals surface area contributed by atoms with Crippen LogP contribution in [0.2, 0.25) is 0 Å². The molecule has 0 radical (unpaired) electrons. The molecule has 11 heteroatoms. The molecule has 210 valence electrons. The first kappa shape index (κ1) is 34.8. The molecule has 0 atom stereocenters. The Kier molecular flexibility index (Phi) is 13.2. The fourth-order valence-electron chi connectivity index (χ4n) is 4.80. The van der Waals surface area contributed by atoms with Gasteiger partial charge in [-0.2, -0.15) is 8.42 Å². The summed E-state index contributed by atoms with van der Waals surface area (Å²) in [5.41, 5.74) is 5.42. The van der Waals surface area contributed by atoms with Crippen LogP contribution in [-0.4, -0.2) is 62.4 Å². The molecule has 0 unspecified atom stereocenters. The normalized spacial score (nSPS) is 13.2. The summed E-state index contributed by atoms with van der Waals surface area (Å²) < 4.78 is 69.8. The van der Waals surface area contributed by atoms with E-state index in [1.54, 1.807) is 6.07 Å². The summed E-state index contributed by atoms with van der Waals surface area (Å²) in [5, 5.41) is 0. The van der Waals surface area contributed by atoms with E-state index in [9.17, 15) is 25.9 Å². The number of allylic oxidation sites excluding steroid dienone is 5. The Morgan fingerprint density at radius 1 is 0.800 bits per heavy atom. The van der Waals surface area contributed by atoms with Crippen molar-refractivity contribution in [3.05, 3.63) is 94.6 Å². The maximum Gasteiger partial charge on any atom is 1.00 e. The summed E-state index contributed by atoms with van der Waals surface area (Å²) in [4.78, 5) is 2.23. The van der Waals surface area contributed by atoms with Crippen molar-refractivity contribution in [1.29, 1.82) is 0 Å². The first-order chi connectivity index (χ1) is 18.4. The quantitative estimate of drug-likeness (QED) is 0.232. The van der Waals surface area contributed by atoms with Crippen LogP contribution in [0.15, 0.2) is 72.3 Å². The second-order valence-electron chi connectivity index (χ2n) is 9.23. The van der Waals surface area contributed by atoms with E-state index >= 15 is 0 Å². The second-order valence-corrected chi connectivity index (χ2v) is 12.1. The molecule has 1 N–H and O–H groups in total. The molecule has 0 saturated carbocycles. The number of hydrogen-bond donors (Lipinski definition) is 1. The fraction of sp³-hybridized carbons (Fsp3) is 0.345. The first-order valence-corrected chi connectivity index (χ1v) is 16.2. The predicted molar refractivity (Wildman–Crippen MR) is 156 cm³/mol. The van der Waals surface area contributed by atoms with Crippen molar-refractivity contribution in [2.75, 3.05) is 31.1 Å². The van der Waals surface area contributed by atoms with E-state index < -0.39 is 31.7 Å². The molecular weight excluding hydrogens is 576 g/mol. The third-order valence-electron chi connectivity index (χ3n) is 6.73. The van der Waals surface area contributed by atoms with E-state index in [-0.39, 0.29) is 62.5 Å². The smallest absolute Gasteiger partial charge is 0.748 e. The SMILES string of the molecule is CCN(CC)c1ccc(C(=C2C=CC(=[N+](CC)CC)C=C2)c2ccc(CS(=O)(=O)O)c(CS(=O)(=O)[O-])c2)cc1.[K+]. The van der Waals surface area contributed by atoms with E-state index in [4.69, 9.17) is 0 Å². The van der Waals surface area contributed by atoms with Gasteiger partial charge in [0.25, 0.3) is 10.1 Å². The molecule has 0 amide bonds. The molecule has 8 nitrogen and oxygen atoms in total. The number of benzene rings is 2. The summed E-state index contributed by atoms with van der Waals surface area (Å²) >= 11 is 0. The Bertz CT molecular complexity index is 1510. The molecule has 3 rings (SSSR count). The summed E-state index contributed by atoms with van der Waals surface area (Å²) in [6.45, 7) is 11.8. The minimum absolute atomic E-state index is 0. The van der Waals surface area contributed by atoms with Crippen LogP contribution in [0.25, 0.3) is 5.57 Å². The third kappa shape index (κ3) is 9.57. The monoisotopic (exact) mass is 611 g/mol. The molecule has 0 heterocycles. The zero-order chi connectivity index (χ0) is 28.8. The van der Waals surface area contributed by atoms with Crippen LogP contribution in [-0.2, 0) is 31.7 Å². The van der Waals surface area contributed by atoms with Gasteiger partial charge in [-0.1, -0.05) is 24.3 Å². The number of rotatable bonds is 11. The van der Waals surface area contributed by atoms with Gasteiger partial charge in [0.15, 0.2) is 5.71 Å². The predicted octanol–water partition coefficient (Wildman–Crippen LogP) is 1.39. The Hall–Kier alpha value is -1.41. The fourth-order valence-corrected chi connectivity index (χ4v) is 6.12. The molecule has 0 bridgehead atoms. The van der Waals surface area contributed by atoms with Crippen LogP contribution >= 0.6 is 0 Å². The molecule has 2 aromatic rings. The third-order valence-corrected chi connectivity index (χ3v) is 8.07. The zero-order valence-electron chi connectivity index (χ0n) is 23.8. The molecule has 0 spiro atoms. The summed E-state index contributed by atoms with van der Waals surface area (Å²) in [5.74, 6) is -1.68. The standard InChI is InChI=1S/C29H36N2O6S2.K/c1-5-30(6-2)27-15-11-22(12-16-27)29(23-13-17-28(18-14-23)31(7-3)8-4)24-9-10-25(20-38(32,33)34)26(19-24)21-39(35,36)37;/h9-19H,5-8,20-21H2,1-4H3,(H-,32,33,34,35,36,37);/q;+1. The zero-order valence-corrected chi connectivity index (χ0v) is 28.5. The molecule has 0 aromatic heterocycles. The Balaban J connectivity index is 0.00000560. The van der Waals surface area contributed by atoms with Crippen molar-refractivity contribution in [2.45, 2.75) is 39.2 Å². The Labute approximate surface area is 281 Å². The van der Waals surface area contributed by atoms with E-state index in [0.29, 0.717) is 5.56 Å². The molecule has 0 fully saturated rings. The van der Waals surface area contributed by atoms with Crippen LogP contribution in [0.4, 0.5) is 5.69 Å². The maximum absolute atomic E-state index is 11.7. The molecule has 0 aliphatic heterocycles. The van der Waals surface area contributed by atoms with Gasteiger partial charge in [-0.3, -0.25) is 4.55 Å². The molecule has 40 heavy (non-hydrogen) atoms. The van der Waals surface area contributed by atoms with Crippen molar-refractivity contribution in [3.63, 3.8) is 0 Å². The van der Waals surface area contributed by atoms with Crippen LogP contribution in [0.5, 0.6) is 0 Å². The number of hydrogen-bond acceptors (Lipinski definition) is 6. The largest absolute Gasteiger partial charge is 1.00 e. The average Bonchev–Trinajstić information content (AvgIpc) is 2.87. The van der Waals surface area contributed by atoms with Crippen LogP contribution in [0.3, 0.4) is 0 Å². The summed E-state index contributed by atoms with van der Waals surface area (Å²) in [7, 11) is -9.16. The van der Waals surface area contributed by atoms with Crippen molar-refractivity contribution in [3.8, 4) is 0 Å². The van der Waals surface area contributed by atoms with Gasteiger partial charge in [0.05, 0.1) is 15.9 Å². The van der Waals surface area contributed by atoms with E-state index in [1.165, 1.54) is 12.1 Å². The minimum Gasteiger partial charge on any atom is -0.748 e. The topological polar surface area (TPSA) is 118 Å². The van der Waals surface area contributed by atoms with Crippen LogP contribution in [0.1, 0.15) is 49.9 Å². The summed E-state index contributed by atoms with van der Waals surface area (Å²) in [6, 6.07) is 12.7. The van der Waals surface area contributed by atoms with E-state index in [2.05, 4.69) is 37.2 Å². The Morgan fingerprint density at radius 3 is 1.82 bits per heavy atom. The van der Waals surface area contributed by atoms with E-state index in [1.807, 2.05) is 48.6 Å². The molecule has 1 aliphatic carbocycles. The van der Waals surface area contributed by atoms with Crippen molar-refractivity contribution in [2.24, 2.45) is 0 Å². The van der Waals surface area contributed by atoms with Gasteiger partial charge in [-0.05, 0) is 91.4 Å². The van der Waals surface area contributed by atoms with Crippen LogP contribution in [0, 0.1) is 0 Å². The summed E-state index contributed by atoms with van der Waals surface area (Å²) in [6.07, 6.45) is 8.05. The van der Waals surface area contributed by atoms with Gasteiger partial charge in [0.2, 0.25) is 0 Å². The van der Waals surface area contributed by atoms with Gasteiger partial charge in [-0.25, -0.2) is 13.0 Å². The van der Waals surface area contributed by atoms with Gasteiger partial charge < -0.3 is 9.45 Å². The van der Waals surface area contributed by atoms with Gasteiger partial charge >= 0.3 is 51.4 Å². The van der Waals surface area contributed by atoms with Gasteiger partial charge in [0, 0.05) is 30.9 Å². The van der Waals surface area contributed by atoms with Crippen molar-refractivity contribution in [1.82, 2.24) is 0 Å². The van der Waals surface area contributed by atoms with Gasteiger partial charge in [-0.15, -0.1) is 0 Å². The first-order valence-electron chi connectivity index (χ1n) is 13.0. The van der Waals surface area contributed by atoms with Crippen LogP contribution < -0.4 is 56.3 Å². The van der Waals surface area contributed by atoms with E-state index in [0.717, 1.165) is 54.3 Å². The molecule has 1 aliphatic rings. The maximum atomic E-state index is 11.7. The molecule has 2 aromatic carbocycles. The molecular formula is C29H36KN2O6S2+. The minimum atomic E-state index is -4.72. The second kappa shape index (κ2) is 15.2. The Morgan fingerprint density at radius 2 is 1.35 bits per heavy atom. The van der Waals surface area contributed by atoms with Crippen molar-refractivity contribution < 1.29 is 81.9 Å². The van der Waals surface area contributed by atoms with Crippen molar-refractivity contribution >= 4 is 37.2 Å². The number of nitrogens with zero attached hydrogens (tertiary/aromatic N) is 2.